The number of fused-ring (bicyclic) bond motifs is 3. The molecule has 6 nitrogen and oxygen atoms in total. The molecule has 3 aromatic rings. The van der Waals surface area contributed by atoms with Crippen LogP contribution in [0.1, 0.15) is 49.7 Å². The zero-order valence-corrected chi connectivity index (χ0v) is 20.6. The number of ether oxygens (including phenoxy) is 3. The van der Waals surface area contributed by atoms with Crippen molar-refractivity contribution in [3.05, 3.63) is 70.0 Å². The third-order valence-corrected chi connectivity index (χ3v) is 6.43. The highest BCUT2D eigenvalue weighted by Gasteiger charge is 2.34. The van der Waals surface area contributed by atoms with Gasteiger partial charge in [0.15, 0.2) is 5.43 Å². The van der Waals surface area contributed by atoms with Gasteiger partial charge >= 0.3 is 5.97 Å². The van der Waals surface area contributed by atoms with E-state index in [1.165, 1.54) is 0 Å². The predicted molar refractivity (Wildman–Crippen MR) is 133 cm³/mol. The van der Waals surface area contributed by atoms with E-state index in [4.69, 9.17) is 14.2 Å². The van der Waals surface area contributed by atoms with Gasteiger partial charge in [0, 0.05) is 29.4 Å². The molecule has 0 amide bonds. The van der Waals surface area contributed by atoms with E-state index in [0.29, 0.717) is 5.75 Å². The maximum atomic E-state index is 12.9. The number of nitrogens with zero attached hydrogens (tertiary/aromatic N) is 1. The van der Waals surface area contributed by atoms with Gasteiger partial charge in [-0.25, -0.2) is 4.79 Å². The second-order valence-corrected chi connectivity index (χ2v) is 9.59. The molecule has 0 radical (unpaired) electrons. The van der Waals surface area contributed by atoms with Crippen LogP contribution in [-0.4, -0.2) is 31.4 Å². The topological polar surface area (TPSA) is 66.8 Å². The highest BCUT2D eigenvalue weighted by atomic mass is 16.5. The first-order chi connectivity index (χ1) is 16.2. The fourth-order valence-electron chi connectivity index (χ4n) is 4.61. The van der Waals surface area contributed by atoms with Crippen LogP contribution in [-0.2, 0) is 11.2 Å². The van der Waals surface area contributed by atoms with Crippen LogP contribution in [0.4, 0.5) is 0 Å². The lowest BCUT2D eigenvalue weighted by Crippen LogP contribution is -2.33. The van der Waals surface area contributed by atoms with E-state index >= 15 is 0 Å². The molecule has 1 atom stereocenters. The van der Waals surface area contributed by atoms with Gasteiger partial charge in [-0.05, 0) is 54.2 Å². The standard InChI is InChI=1S/C28H31NO5/c1-7-34-27(31)22-16-29-23(15-24(22)30)20-14-25(33-6)21(17-8-10-19(32-5)11-9-17)12-18(20)13-26(29)28(2,3)4/h8-12,14-16,26H,7,13H2,1-6H3. The summed E-state index contributed by atoms with van der Waals surface area (Å²) < 4.78 is 18.2. The molecule has 0 saturated heterocycles. The van der Waals surface area contributed by atoms with Crippen LogP contribution in [0.15, 0.2) is 53.5 Å². The summed E-state index contributed by atoms with van der Waals surface area (Å²) in [6.07, 6.45) is 2.42. The van der Waals surface area contributed by atoms with Gasteiger partial charge in [-0.1, -0.05) is 32.9 Å². The lowest BCUT2D eigenvalue weighted by molar-refractivity contribution is 0.0523. The van der Waals surface area contributed by atoms with Crippen molar-refractivity contribution < 1.29 is 19.0 Å². The summed E-state index contributed by atoms with van der Waals surface area (Å²) in [5, 5.41) is 0. The first-order valence-corrected chi connectivity index (χ1v) is 11.5. The van der Waals surface area contributed by atoms with Crippen LogP contribution in [0.3, 0.4) is 0 Å². The number of hydrogen-bond donors (Lipinski definition) is 0. The Bertz CT molecular complexity index is 1280. The molecule has 0 N–H and O–H groups in total. The zero-order chi connectivity index (χ0) is 24.6. The summed E-state index contributed by atoms with van der Waals surface area (Å²) in [5.41, 5.74) is 4.45. The van der Waals surface area contributed by atoms with Crippen LogP contribution < -0.4 is 14.9 Å². The molecule has 2 heterocycles. The smallest absolute Gasteiger partial charge is 0.343 e. The molecule has 0 fully saturated rings. The van der Waals surface area contributed by atoms with Gasteiger partial charge in [-0.15, -0.1) is 0 Å². The molecule has 4 rings (SSSR count). The van der Waals surface area contributed by atoms with E-state index in [-0.39, 0.29) is 29.1 Å². The Morgan fingerprint density at radius 1 is 1.03 bits per heavy atom. The minimum atomic E-state index is -0.589. The number of carbonyl (C=O) groups excluding carboxylic acids is 1. The van der Waals surface area contributed by atoms with Crippen molar-refractivity contribution in [2.45, 2.75) is 40.2 Å². The van der Waals surface area contributed by atoms with Crippen molar-refractivity contribution in [2.75, 3.05) is 20.8 Å². The number of rotatable bonds is 5. The number of benzene rings is 2. The van der Waals surface area contributed by atoms with Gasteiger partial charge in [-0.2, -0.15) is 0 Å². The zero-order valence-electron chi connectivity index (χ0n) is 20.6. The molecule has 178 valence electrons. The minimum absolute atomic E-state index is 0.0425. The Hall–Kier alpha value is -3.54. The monoisotopic (exact) mass is 461 g/mol. The minimum Gasteiger partial charge on any atom is -0.497 e. The van der Waals surface area contributed by atoms with Gasteiger partial charge in [0.2, 0.25) is 0 Å². The first kappa shape index (κ1) is 23.6. The molecule has 6 heteroatoms. The van der Waals surface area contributed by atoms with Crippen molar-refractivity contribution in [3.8, 4) is 33.9 Å². The van der Waals surface area contributed by atoms with Crippen LogP contribution >= 0.6 is 0 Å². The largest absolute Gasteiger partial charge is 0.497 e. The number of aromatic nitrogens is 1. The van der Waals surface area contributed by atoms with E-state index in [1.54, 1.807) is 33.4 Å². The van der Waals surface area contributed by atoms with E-state index in [9.17, 15) is 9.59 Å². The Balaban J connectivity index is 1.93. The van der Waals surface area contributed by atoms with Crippen molar-refractivity contribution in [1.82, 2.24) is 4.57 Å². The van der Waals surface area contributed by atoms with Crippen molar-refractivity contribution in [1.29, 1.82) is 0 Å². The van der Waals surface area contributed by atoms with Gasteiger partial charge in [-0.3, -0.25) is 4.79 Å². The quantitative estimate of drug-likeness (QED) is 0.468. The summed E-state index contributed by atoms with van der Waals surface area (Å²) in [6.45, 7) is 8.46. The van der Waals surface area contributed by atoms with Gasteiger partial charge in [0.25, 0.3) is 0 Å². The molecule has 1 aliphatic heterocycles. The second kappa shape index (κ2) is 9.01. The van der Waals surface area contributed by atoms with E-state index in [0.717, 1.165) is 40.1 Å². The molecule has 1 aliphatic rings. The van der Waals surface area contributed by atoms with Gasteiger partial charge in [0.05, 0.1) is 26.5 Å². The van der Waals surface area contributed by atoms with Crippen molar-refractivity contribution in [3.63, 3.8) is 0 Å². The van der Waals surface area contributed by atoms with Crippen LogP contribution in [0.5, 0.6) is 11.5 Å². The second-order valence-electron chi connectivity index (χ2n) is 9.59. The van der Waals surface area contributed by atoms with Crippen LogP contribution in [0.25, 0.3) is 22.4 Å². The Morgan fingerprint density at radius 3 is 2.32 bits per heavy atom. The first-order valence-electron chi connectivity index (χ1n) is 11.5. The molecule has 1 aromatic heterocycles. The Kier molecular flexibility index (Phi) is 6.26. The average molecular weight is 462 g/mol. The molecule has 0 saturated carbocycles. The SMILES string of the molecule is CCOC(=O)c1cn2c(cc1=O)-c1cc(OC)c(-c3ccc(OC)cc3)cc1CC2C(C)(C)C. The third kappa shape index (κ3) is 4.20. The van der Waals surface area contributed by atoms with Gasteiger partial charge < -0.3 is 18.8 Å². The molecule has 1 unspecified atom stereocenters. The maximum absolute atomic E-state index is 12.9. The third-order valence-electron chi connectivity index (χ3n) is 6.43. The summed E-state index contributed by atoms with van der Waals surface area (Å²) in [5.74, 6) is 0.916. The highest BCUT2D eigenvalue weighted by Crippen LogP contribution is 2.46. The van der Waals surface area contributed by atoms with Crippen molar-refractivity contribution >= 4 is 5.97 Å². The molecular formula is C28H31NO5. The van der Waals surface area contributed by atoms with Crippen molar-refractivity contribution in [2.24, 2.45) is 5.41 Å². The van der Waals surface area contributed by atoms with Gasteiger partial charge in [0.1, 0.15) is 17.1 Å². The molecule has 0 aliphatic carbocycles. The van der Waals surface area contributed by atoms with Crippen LogP contribution in [0, 0.1) is 5.41 Å². The molecule has 0 spiro atoms. The summed E-state index contributed by atoms with van der Waals surface area (Å²) in [7, 11) is 3.29. The number of methoxy groups -OCH3 is 2. The number of hydrogen-bond acceptors (Lipinski definition) is 5. The molecule has 0 bridgehead atoms. The fraction of sp³-hybridized carbons (Fsp3) is 0.357. The molecule has 2 aromatic carbocycles. The number of pyridine rings is 1. The average Bonchev–Trinajstić information content (AvgIpc) is 2.82. The van der Waals surface area contributed by atoms with E-state index in [2.05, 4.69) is 31.4 Å². The lowest BCUT2D eigenvalue weighted by atomic mass is 9.78. The normalized spacial score (nSPS) is 14.7. The summed E-state index contributed by atoms with van der Waals surface area (Å²) in [4.78, 5) is 25.4. The predicted octanol–water partition coefficient (Wildman–Crippen LogP) is 5.52. The fourth-order valence-corrected chi connectivity index (χ4v) is 4.61. The Labute approximate surface area is 200 Å². The lowest BCUT2D eigenvalue weighted by Gasteiger charge is -2.39. The molecule has 34 heavy (non-hydrogen) atoms. The number of esters is 1. The van der Waals surface area contributed by atoms with E-state index in [1.807, 2.05) is 30.3 Å². The summed E-state index contributed by atoms with van der Waals surface area (Å²) >= 11 is 0. The Morgan fingerprint density at radius 2 is 1.74 bits per heavy atom. The number of carbonyl (C=O) groups is 1. The maximum Gasteiger partial charge on any atom is 0.343 e. The van der Waals surface area contributed by atoms with Crippen LogP contribution in [0.2, 0.25) is 0 Å². The summed E-state index contributed by atoms with van der Waals surface area (Å²) in [6, 6.07) is 13.6. The molecular weight excluding hydrogens is 430 g/mol. The van der Waals surface area contributed by atoms with E-state index < -0.39 is 5.97 Å². The highest BCUT2D eigenvalue weighted by molar-refractivity contribution is 5.89.